The van der Waals surface area contributed by atoms with Gasteiger partial charge in [0.05, 0.1) is 9.79 Å². The Bertz CT molecular complexity index is 825. The summed E-state index contributed by atoms with van der Waals surface area (Å²) in [5.74, 6) is -1.71. The van der Waals surface area contributed by atoms with E-state index in [1.165, 1.54) is 28.6 Å². The Morgan fingerprint density at radius 2 is 1.52 bits per heavy atom. The van der Waals surface area contributed by atoms with Gasteiger partial charge in [-0.15, -0.1) is 0 Å². The van der Waals surface area contributed by atoms with Crippen LogP contribution in [0.4, 0.5) is 0 Å². The van der Waals surface area contributed by atoms with Crippen molar-refractivity contribution in [2.45, 2.75) is 42.5 Å². The Morgan fingerprint density at radius 3 is 1.96 bits per heavy atom. The van der Waals surface area contributed by atoms with Crippen LogP contribution in [0.2, 0.25) is 0 Å². The number of hydrogen-bond donors (Lipinski definition) is 2. The summed E-state index contributed by atoms with van der Waals surface area (Å²) in [6.07, 6.45) is 1.61. The summed E-state index contributed by atoms with van der Waals surface area (Å²) in [5.41, 5.74) is 0. The monoisotopic (exact) mass is 390 g/mol. The Kier molecular flexibility index (Phi) is 5.87. The lowest BCUT2D eigenvalue weighted by molar-refractivity contribution is -0.140. The summed E-state index contributed by atoms with van der Waals surface area (Å²) in [5, 5.41) is 9.11. The summed E-state index contributed by atoms with van der Waals surface area (Å²) < 4.78 is 53.0. The predicted molar refractivity (Wildman–Crippen MR) is 91.0 cm³/mol. The van der Waals surface area contributed by atoms with E-state index < -0.39 is 38.0 Å². The molecule has 1 heterocycles. The summed E-state index contributed by atoms with van der Waals surface area (Å²) >= 11 is 0. The van der Waals surface area contributed by atoms with Crippen molar-refractivity contribution in [2.75, 3.05) is 13.1 Å². The summed E-state index contributed by atoms with van der Waals surface area (Å²) in [4.78, 5) is 11.0. The molecule has 140 valence electrons. The molecule has 0 saturated carbocycles. The molecule has 1 aliphatic heterocycles. The number of carboxylic acids is 1. The zero-order chi connectivity index (χ0) is 18.8. The van der Waals surface area contributed by atoms with E-state index in [0.717, 1.165) is 12.8 Å². The number of nitrogens with zero attached hydrogens (tertiary/aromatic N) is 1. The molecule has 0 aromatic heterocycles. The van der Waals surface area contributed by atoms with Gasteiger partial charge in [0.1, 0.15) is 6.04 Å². The second-order valence-corrected chi connectivity index (χ2v) is 9.92. The van der Waals surface area contributed by atoms with Gasteiger partial charge in [0.25, 0.3) is 0 Å². The Morgan fingerprint density at radius 1 is 1.04 bits per heavy atom. The van der Waals surface area contributed by atoms with Crippen LogP contribution >= 0.6 is 0 Å². The largest absolute Gasteiger partial charge is 0.480 e. The number of carbonyl (C=O) groups is 1. The lowest BCUT2D eigenvalue weighted by Crippen LogP contribution is -2.44. The number of nitrogens with one attached hydrogen (secondary N) is 1. The second-order valence-electron chi connectivity index (χ2n) is 6.26. The molecule has 2 N–H and O–H groups in total. The van der Waals surface area contributed by atoms with Crippen LogP contribution in [0, 0.1) is 5.92 Å². The maximum Gasteiger partial charge on any atom is 0.322 e. The van der Waals surface area contributed by atoms with Crippen LogP contribution in [0.15, 0.2) is 34.1 Å². The second kappa shape index (κ2) is 7.40. The number of carboxylic acid groups (broad SMARTS) is 1. The smallest absolute Gasteiger partial charge is 0.322 e. The van der Waals surface area contributed by atoms with Gasteiger partial charge >= 0.3 is 5.97 Å². The number of aliphatic carboxylic acids is 1. The van der Waals surface area contributed by atoms with E-state index in [0.29, 0.717) is 13.1 Å². The van der Waals surface area contributed by atoms with Gasteiger partial charge in [0.15, 0.2) is 0 Å². The molecule has 10 heteroatoms. The van der Waals surface area contributed by atoms with Gasteiger partial charge in [-0.1, -0.05) is 13.8 Å². The number of rotatable bonds is 7. The van der Waals surface area contributed by atoms with Crippen LogP contribution in [-0.4, -0.2) is 51.3 Å². The average Bonchev–Trinajstić information content (AvgIpc) is 3.07. The highest BCUT2D eigenvalue weighted by Crippen LogP contribution is 2.22. The van der Waals surface area contributed by atoms with Gasteiger partial charge in [0.2, 0.25) is 20.0 Å². The van der Waals surface area contributed by atoms with E-state index in [1.807, 2.05) is 0 Å². The molecule has 1 atom stereocenters. The number of benzene rings is 1. The predicted octanol–water partition coefficient (Wildman–Crippen LogP) is 0.859. The molecule has 2 rings (SSSR count). The molecule has 1 aliphatic rings. The molecule has 8 nitrogen and oxygen atoms in total. The fourth-order valence-electron chi connectivity index (χ4n) is 2.58. The van der Waals surface area contributed by atoms with Crippen molar-refractivity contribution in [2.24, 2.45) is 5.92 Å². The van der Waals surface area contributed by atoms with Crippen molar-refractivity contribution in [3.05, 3.63) is 24.3 Å². The lowest BCUT2D eigenvalue weighted by Gasteiger charge is -2.18. The van der Waals surface area contributed by atoms with Crippen LogP contribution in [0.5, 0.6) is 0 Å². The van der Waals surface area contributed by atoms with Crippen molar-refractivity contribution in [3.8, 4) is 0 Å². The van der Waals surface area contributed by atoms with E-state index in [-0.39, 0.29) is 9.79 Å². The van der Waals surface area contributed by atoms with Crippen LogP contribution in [0.1, 0.15) is 26.7 Å². The van der Waals surface area contributed by atoms with E-state index in [4.69, 9.17) is 5.11 Å². The van der Waals surface area contributed by atoms with Gasteiger partial charge in [0, 0.05) is 13.1 Å². The maximum atomic E-state index is 12.4. The molecule has 0 radical (unpaired) electrons. The maximum absolute atomic E-state index is 12.4. The molecule has 1 fully saturated rings. The molecule has 0 amide bonds. The zero-order valence-corrected chi connectivity index (χ0v) is 15.7. The fraction of sp³-hybridized carbons (Fsp3) is 0.533. The first-order valence-electron chi connectivity index (χ1n) is 7.91. The highest BCUT2D eigenvalue weighted by Gasteiger charge is 2.30. The summed E-state index contributed by atoms with van der Waals surface area (Å²) in [6.45, 7) is 4.09. The molecular formula is C15H22N2O6S2. The van der Waals surface area contributed by atoms with E-state index >= 15 is 0 Å². The van der Waals surface area contributed by atoms with Crippen LogP contribution < -0.4 is 4.72 Å². The lowest BCUT2D eigenvalue weighted by atomic mass is 10.1. The molecule has 25 heavy (non-hydrogen) atoms. The Labute approximate surface area is 147 Å². The topological polar surface area (TPSA) is 121 Å². The van der Waals surface area contributed by atoms with Gasteiger partial charge in [-0.3, -0.25) is 4.79 Å². The van der Waals surface area contributed by atoms with Crippen molar-refractivity contribution >= 4 is 26.0 Å². The highest BCUT2D eigenvalue weighted by atomic mass is 32.2. The van der Waals surface area contributed by atoms with Crippen molar-refractivity contribution in [1.82, 2.24) is 9.03 Å². The average molecular weight is 390 g/mol. The van der Waals surface area contributed by atoms with Crippen molar-refractivity contribution in [3.63, 3.8) is 0 Å². The molecule has 1 unspecified atom stereocenters. The molecule has 1 saturated heterocycles. The first kappa shape index (κ1) is 19.8. The quantitative estimate of drug-likeness (QED) is 0.712. The minimum absolute atomic E-state index is 0.0204. The molecule has 0 spiro atoms. The minimum Gasteiger partial charge on any atom is -0.480 e. The van der Waals surface area contributed by atoms with E-state index in [9.17, 15) is 21.6 Å². The third kappa shape index (κ3) is 4.38. The van der Waals surface area contributed by atoms with E-state index in [2.05, 4.69) is 4.72 Å². The third-order valence-corrected chi connectivity index (χ3v) is 7.42. The normalized spacial score (nSPS) is 17.7. The Hall–Kier alpha value is -1.49. The molecule has 1 aromatic carbocycles. The summed E-state index contributed by atoms with van der Waals surface area (Å²) in [6, 6.07) is 3.54. The summed E-state index contributed by atoms with van der Waals surface area (Å²) in [7, 11) is -7.70. The van der Waals surface area contributed by atoms with Crippen LogP contribution in [0.25, 0.3) is 0 Å². The first-order chi connectivity index (χ1) is 11.6. The molecule has 1 aromatic rings. The van der Waals surface area contributed by atoms with Crippen LogP contribution in [0.3, 0.4) is 0 Å². The first-order valence-corrected chi connectivity index (χ1v) is 10.8. The molecular weight excluding hydrogens is 368 g/mol. The highest BCUT2D eigenvalue weighted by molar-refractivity contribution is 7.89. The van der Waals surface area contributed by atoms with Gasteiger partial charge in [-0.2, -0.15) is 9.03 Å². The SMILES string of the molecule is CC(C)C(NS(=O)(=O)c1ccc(S(=O)(=O)N2CCCC2)cc1)C(=O)O. The number of hydrogen-bond acceptors (Lipinski definition) is 5. The van der Waals surface area contributed by atoms with Gasteiger partial charge in [-0.25, -0.2) is 16.8 Å². The molecule has 0 bridgehead atoms. The van der Waals surface area contributed by atoms with Gasteiger partial charge in [-0.05, 0) is 43.0 Å². The fourth-order valence-corrected chi connectivity index (χ4v) is 5.43. The minimum atomic E-state index is -4.07. The molecule has 0 aliphatic carbocycles. The van der Waals surface area contributed by atoms with Crippen LogP contribution in [-0.2, 0) is 24.8 Å². The zero-order valence-electron chi connectivity index (χ0n) is 14.0. The Balaban J connectivity index is 2.25. The standard InChI is InChI=1S/C15H22N2O6S2/c1-11(2)14(15(18)19)16-24(20,21)12-5-7-13(8-6-12)25(22,23)17-9-3-4-10-17/h5-8,11,14,16H,3-4,9-10H2,1-2H3,(H,18,19). The van der Waals surface area contributed by atoms with Gasteiger partial charge < -0.3 is 5.11 Å². The number of sulfonamides is 2. The van der Waals surface area contributed by atoms with E-state index in [1.54, 1.807) is 13.8 Å². The third-order valence-electron chi connectivity index (χ3n) is 4.05. The van der Waals surface area contributed by atoms with Crippen molar-refractivity contribution in [1.29, 1.82) is 0 Å². The van der Waals surface area contributed by atoms with Crippen molar-refractivity contribution < 1.29 is 26.7 Å².